The Morgan fingerprint density at radius 1 is 1.22 bits per heavy atom. The van der Waals surface area contributed by atoms with Gasteiger partial charge in [-0.15, -0.1) is 0 Å². The van der Waals surface area contributed by atoms with E-state index in [1.54, 1.807) is 0 Å². The second-order valence-electron chi connectivity index (χ2n) is 5.92. The lowest BCUT2D eigenvalue weighted by atomic mass is 9.95. The highest BCUT2D eigenvalue weighted by atomic mass is 19.4. The molecule has 0 amide bonds. The molecule has 7 heteroatoms. The number of β-amino-alcohol motifs (C(OH)–C–C–N with tert-alkyl or cyclic N) is 1. The van der Waals surface area contributed by atoms with Crippen molar-refractivity contribution in [2.75, 3.05) is 13.2 Å². The van der Waals surface area contributed by atoms with Crippen LogP contribution in [-0.4, -0.2) is 39.0 Å². The van der Waals surface area contributed by atoms with Crippen LogP contribution < -0.4 is 0 Å². The Morgan fingerprint density at radius 2 is 2.00 bits per heavy atom. The Morgan fingerprint density at radius 3 is 2.74 bits per heavy atom. The number of rotatable bonds is 4. The topological polar surface area (TPSA) is 41.3 Å². The molecule has 126 valence electrons. The third kappa shape index (κ3) is 3.29. The largest absolute Gasteiger partial charge is 0.435 e. The van der Waals surface area contributed by atoms with E-state index >= 15 is 0 Å². The molecule has 3 rings (SSSR count). The molecule has 2 aliphatic rings. The Labute approximate surface area is 132 Å². The Balaban J connectivity index is 1.89. The van der Waals surface area contributed by atoms with Gasteiger partial charge in [0.25, 0.3) is 0 Å². The molecule has 0 spiro atoms. The number of nitrogens with zero attached hydrogens (tertiary/aromatic N) is 3. The smallest absolute Gasteiger partial charge is 0.395 e. The molecule has 1 N–H and O–H groups in total. The molecule has 0 saturated carbocycles. The lowest BCUT2D eigenvalue weighted by Gasteiger charge is -2.30. The minimum absolute atomic E-state index is 0.000302. The van der Waals surface area contributed by atoms with Crippen LogP contribution in [0.4, 0.5) is 13.2 Å². The molecule has 1 aliphatic carbocycles. The fourth-order valence-electron chi connectivity index (χ4n) is 3.32. The maximum atomic E-state index is 13.2. The van der Waals surface area contributed by atoms with Gasteiger partial charge in [-0.3, -0.25) is 4.68 Å². The van der Waals surface area contributed by atoms with Crippen molar-refractivity contribution in [3.05, 3.63) is 41.4 Å². The van der Waals surface area contributed by atoms with Gasteiger partial charge in [0.1, 0.15) is 0 Å². The first-order chi connectivity index (χ1) is 11.0. The summed E-state index contributed by atoms with van der Waals surface area (Å²) in [7, 11) is 0. The third-order valence-electron chi connectivity index (χ3n) is 4.39. The third-order valence-corrected chi connectivity index (χ3v) is 4.39. The molecule has 1 aromatic heterocycles. The lowest BCUT2D eigenvalue weighted by Crippen LogP contribution is -2.36. The second kappa shape index (κ2) is 6.39. The first-order valence-electron chi connectivity index (χ1n) is 7.88. The minimum atomic E-state index is -4.40. The zero-order chi connectivity index (χ0) is 16.4. The molecule has 23 heavy (non-hydrogen) atoms. The van der Waals surface area contributed by atoms with Crippen molar-refractivity contribution in [1.82, 2.24) is 14.7 Å². The summed E-state index contributed by atoms with van der Waals surface area (Å²) in [5.74, 6) is 0. The lowest BCUT2D eigenvalue weighted by molar-refractivity contribution is -0.142. The summed E-state index contributed by atoms with van der Waals surface area (Å²) in [6.45, 7) is 0.806. The molecule has 0 radical (unpaired) electrons. The van der Waals surface area contributed by atoms with Crippen LogP contribution in [0.3, 0.4) is 0 Å². The van der Waals surface area contributed by atoms with Crippen LogP contribution in [-0.2, 0) is 25.6 Å². The van der Waals surface area contributed by atoms with Gasteiger partial charge in [-0.1, -0.05) is 12.2 Å². The van der Waals surface area contributed by atoms with Crippen LogP contribution in [0.2, 0.25) is 0 Å². The number of hydrogen-bond acceptors (Lipinski definition) is 3. The molecule has 4 nitrogen and oxygen atoms in total. The summed E-state index contributed by atoms with van der Waals surface area (Å²) in [5, 5.41) is 13.0. The fraction of sp³-hybridized carbons (Fsp3) is 0.562. The first kappa shape index (κ1) is 16.1. The monoisotopic (exact) mass is 327 g/mol. The van der Waals surface area contributed by atoms with Crippen molar-refractivity contribution in [3.63, 3.8) is 0 Å². The summed E-state index contributed by atoms with van der Waals surface area (Å²) >= 11 is 0. The van der Waals surface area contributed by atoms with E-state index in [0.717, 1.165) is 18.5 Å². The highest BCUT2D eigenvalue weighted by Crippen LogP contribution is 2.36. The molecular formula is C16H20F3N3O. The number of aliphatic hydroxyl groups is 1. The maximum absolute atomic E-state index is 13.2. The van der Waals surface area contributed by atoms with E-state index in [9.17, 15) is 13.2 Å². The average molecular weight is 327 g/mol. The number of hydrogen-bond donors (Lipinski definition) is 1. The van der Waals surface area contributed by atoms with Gasteiger partial charge in [0, 0.05) is 17.8 Å². The van der Waals surface area contributed by atoms with Crippen molar-refractivity contribution >= 4 is 0 Å². The van der Waals surface area contributed by atoms with Crippen LogP contribution in [0.15, 0.2) is 24.4 Å². The fourth-order valence-corrected chi connectivity index (χ4v) is 3.32. The summed E-state index contributed by atoms with van der Waals surface area (Å²) in [6.07, 6.45) is 5.88. The van der Waals surface area contributed by atoms with Gasteiger partial charge in [-0.2, -0.15) is 18.3 Å². The predicted octanol–water partition coefficient (Wildman–Crippen LogP) is 2.53. The van der Waals surface area contributed by atoms with E-state index in [1.807, 2.05) is 29.3 Å². The number of allylic oxidation sites excluding steroid dienone is 2. The summed E-state index contributed by atoms with van der Waals surface area (Å²) in [6, 6.07) is -0.0980. The highest BCUT2D eigenvalue weighted by Gasteiger charge is 2.39. The van der Waals surface area contributed by atoms with E-state index in [-0.39, 0.29) is 12.6 Å². The van der Waals surface area contributed by atoms with Crippen LogP contribution in [0.1, 0.15) is 29.8 Å². The van der Waals surface area contributed by atoms with Gasteiger partial charge in [0.2, 0.25) is 0 Å². The molecule has 0 fully saturated rings. The first-order valence-corrected chi connectivity index (χ1v) is 7.88. The molecule has 1 aromatic rings. The summed E-state index contributed by atoms with van der Waals surface area (Å²) in [4.78, 5) is 1.92. The molecule has 2 heterocycles. The van der Waals surface area contributed by atoms with Gasteiger partial charge in [-0.25, -0.2) is 0 Å². The molecule has 1 unspecified atom stereocenters. The van der Waals surface area contributed by atoms with E-state index in [4.69, 9.17) is 5.11 Å². The zero-order valence-corrected chi connectivity index (χ0v) is 12.8. The summed E-state index contributed by atoms with van der Waals surface area (Å²) in [5.41, 5.74) is 0.361. The average Bonchev–Trinajstić information content (AvgIpc) is 2.89. The molecule has 1 atom stereocenters. The van der Waals surface area contributed by atoms with E-state index in [0.29, 0.717) is 31.5 Å². The van der Waals surface area contributed by atoms with Crippen LogP contribution in [0.5, 0.6) is 0 Å². The quantitative estimate of drug-likeness (QED) is 0.924. The number of alkyl halides is 3. The molecule has 0 bridgehead atoms. The zero-order valence-electron chi connectivity index (χ0n) is 12.8. The van der Waals surface area contributed by atoms with Crippen LogP contribution in [0.25, 0.3) is 0 Å². The SMILES string of the molecule is OCCN1C=CC=CC1Cn1nc(C(F)(F)F)c2c1CCCC2. The number of aromatic nitrogens is 2. The second-order valence-corrected chi connectivity index (χ2v) is 5.92. The van der Waals surface area contributed by atoms with Crippen LogP contribution in [0, 0.1) is 0 Å². The molecular weight excluding hydrogens is 307 g/mol. The number of aliphatic hydroxyl groups excluding tert-OH is 1. The minimum Gasteiger partial charge on any atom is -0.395 e. The highest BCUT2D eigenvalue weighted by molar-refractivity contribution is 5.31. The van der Waals surface area contributed by atoms with Crippen LogP contribution >= 0.6 is 0 Å². The van der Waals surface area contributed by atoms with Gasteiger partial charge in [0.15, 0.2) is 5.69 Å². The van der Waals surface area contributed by atoms with Crippen molar-refractivity contribution < 1.29 is 18.3 Å². The van der Waals surface area contributed by atoms with E-state index in [1.165, 1.54) is 4.68 Å². The normalized spacial score (nSPS) is 20.9. The number of fused-ring (bicyclic) bond motifs is 1. The molecule has 1 aliphatic heterocycles. The van der Waals surface area contributed by atoms with Gasteiger partial charge in [-0.05, 0) is 38.0 Å². The predicted molar refractivity (Wildman–Crippen MR) is 79.7 cm³/mol. The number of halogens is 3. The van der Waals surface area contributed by atoms with Crippen molar-refractivity contribution in [2.24, 2.45) is 0 Å². The van der Waals surface area contributed by atoms with Gasteiger partial charge >= 0.3 is 6.18 Å². The molecule has 0 aromatic carbocycles. The van der Waals surface area contributed by atoms with E-state index < -0.39 is 11.9 Å². The molecule has 0 saturated heterocycles. The summed E-state index contributed by atoms with van der Waals surface area (Å²) < 4.78 is 41.2. The standard InChI is InChI=1S/C16H20F3N3O/c17-16(18,19)15-13-6-1-2-7-14(13)22(20-15)11-12-5-3-4-8-21(12)9-10-23/h3-5,8,12,23H,1-2,6-7,9-11H2. The Hall–Kier alpha value is -1.76. The van der Waals surface area contributed by atoms with Crippen molar-refractivity contribution in [2.45, 2.75) is 44.4 Å². The van der Waals surface area contributed by atoms with Gasteiger partial charge in [0.05, 0.1) is 19.2 Å². The Bertz CT molecular complexity index is 619. The maximum Gasteiger partial charge on any atom is 0.435 e. The Kier molecular flexibility index (Phi) is 4.48. The van der Waals surface area contributed by atoms with Crippen molar-refractivity contribution in [1.29, 1.82) is 0 Å². The van der Waals surface area contributed by atoms with Gasteiger partial charge < -0.3 is 10.0 Å². The van der Waals surface area contributed by atoms with E-state index in [2.05, 4.69) is 5.10 Å². The van der Waals surface area contributed by atoms with Crippen molar-refractivity contribution in [3.8, 4) is 0 Å².